The maximum Gasteiger partial charge on any atom is 0.227 e. The zero-order valence-corrected chi connectivity index (χ0v) is 16.6. The molecule has 0 aliphatic carbocycles. The summed E-state index contributed by atoms with van der Waals surface area (Å²) in [6.07, 6.45) is 1.76. The van der Waals surface area contributed by atoms with Crippen molar-refractivity contribution in [3.8, 4) is 17.1 Å². The first-order chi connectivity index (χ1) is 12.7. The van der Waals surface area contributed by atoms with Gasteiger partial charge in [0.1, 0.15) is 5.75 Å². The first kappa shape index (κ1) is 21.2. The van der Waals surface area contributed by atoms with Gasteiger partial charge in [-0.2, -0.15) is 4.98 Å². The normalized spacial score (nSPS) is 19.2. The van der Waals surface area contributed by atoms with E-state index < -0.39 is 0 Å². The van der Waals surface area contributed by atoms with Crippen LogP contribution in [0.5, 0.6) is 5.75 Å². The molecule has 1 aliphatic rings. The highest BCUT2D eigenvalue weighted by Gasteiger charge is 2.22. The van der Waals surface area contributed by atoms with E-state index in [4.69, 9.17) is 9.26 Å². The van der Waals surface area contributed by atoms with Gasteiger partial charge in [-0.3, -0.25) is 4.79 Å². The SMILES string of the molecule is CCOc1ccc(-c2noc(CCC(=O)NC3CCNCC3C)n2)cc1.Cl. The standard InChI is InChI=1S/C19H26N4O3.ClH/c1-3-25-15-6-4-14(5-7-15)19-22-18(26-23-19)9-8-17(24)21-16-10-11-20-12-13(16)2;/h4-7,13,16,20H,3,8-12H2,1-2H3,(H,21,24);1H. The molecule has 8 heteroatoms. The van der Waals surface area contributed by atoms with Gasteiger partial charge in [0, 0.05) is 24.4 Å². The summed E-state index contributed by atoms with van der Waals surface area (Å²) in [5, 5.41) is 10.4. The van der Waals surface area contributed by atoms with Crippen LogP contribution in [-0.4, -0.2) is 41.8 Å². The Kier molecular flexibility index (Phi) is 8.06. The molecule has 1 fully saturated rings. The Morgan fingerprint density at radius 2 is 2.15 bits per heavy atom. The molecular formula is C19H27ClN4O3. The molecular weight excluding hydrogens is 368 g/mol. The van der Waals surface area contributed by atoms with Gasteiger partial charge < -0.3 is 19.9 Å². The van der Waals surface area contributed by atoms with Crippen molar-refractivity contribution in [2.75, 3.05) is 19.7 Å². The fourth-order valence-corrected chi connectivity index (χ4v) is 3.07. The van der Waals surface area contributed by atoms with Crippen molar-refractivity contribution in [2.24, 2.45) is 5.92 Å². The molecule has 1 aromatic heterocycles. The minimum atomic E-state index is 0. The second-order valence-electron chi connectivity index (χ2n) is 6.61. The van der Waals surface area contributed by atoms with Crippen LogP contribution in [0.1, 0.15) is 32.6 Å². The molecule has 0 saturated carbocycles. The van der Waals surface area contributed by atoms with Crippen molar-refractivity contribution in [3.05, 3.63) is 30.2 Å². The number of halogens is 1. The van der Waals surface area contributed by atoms with Crippen LogP contribution in [0.4, 0.5) is 0 Å². The van der Waals surface area contributed by atoms with Gasteiger partial charge in [0.05, 0.1) is 6.61 Å². The van der Waals surface area contributed by atoms with Crippen molar-refractivity contribution in [1.29, 1.82) is 0 Å². The van der Waals surface area contributed by atoms with Crippen molar-refractivity contribution in [2.45, 2.75) is 39.2 Å². The van der Waals surface area contributed by atoms with E-state index in [2.05, 4.69) is 27.7 Å². The number of nitrogens with one attached hydrogen (secondary N) is 2. The Labute approximate surface area is 165 Å². The van der Waals surface area contributed by atoms with Crippen LogP contribution in [0.25, 0.3) is 11.4 Å². The summed E-state index contributed by atoms with van der Waals surface area (Å²) in [5.74, 6) is 2.29. The third kappa shape index (κ3) is 5.94. The minimum absolute atomic E-state index is 0. The van der Waals surface area contributed by atoms with Crippen LogP contribution >= 0.6 is 12.4 Å². The zero-order chi connectivity index (χ0) is 18.4. The topological polar surface area (TPSA) is 89.3 Å². The van der Waals surface area contributed by atoms with Crippen molar-refractivity contribution >= 4 is 18.3 Å². The van der Waals surface area contributed by atoms with Crippen LogP contribution in [0.2, 0.25) is 0 Å². The molecule has 2 heterocycles. The molecule has 1 amide bonds. The van der Waals surface area contributed by atoms with Gasteiger partial charge in [-0.1, -0.05) is 12.1 Å². The van der Waals surface area contributed by atoms with Gasteiger partial charge in [0.25, 0.3) is 0 Å². The molecule has 27 heavy (non-hydrogen) atoms. The van der Waals surface area contributed by atoms with E-state index in [0.29, 0.717) is 37.1 Å². The lowest BCUT2D eigenvalue weighted by Gasteiger charge is -2.30. The Balaban J connectivity index is 0.00000261. The third-order valence-corrected chi connectivity index (χ3v) is 4.59. The molecule has 1 aliphatic heterocycles. The summed E-state index contributed by atoms with van der Waals surface area (Å²) in [6.45, 7) is 6.62. The summed E-state index contributed by atoms with van der Waals surface area (Å²) < 4.78 is 10.7. The molecule has 148 valence electrons. The predicted octanol–water partition coefficient (Wildman–Crippen LogP) is 2.60. The van der Waals surface area contributed by atoms with Gasteiger partial charge in [-0.05, 0) is 56.6 Å². The Morgan fingerprint density at radius 1 is 1.37 bits per heavy atom. The molecule has 1 saturated heterocycles. The van der Waals surface area contributed by atoms with Crippen molar-refractivity contribution in [1.82, 2.24) is 20.8 Å². The van der Waals surface area contributed by atoms with Crippen LogP contribution in [0, 0.1) is 5.92 Å². The lowest BCUT2D eigenvalue weighted by Crippen LogP contribution is -2.48. The van der Waals surface area contributed by atoms with E-state index in [1.54, 1.807) is 0 Å². The van der Waals surface area contributed by atoms with Crippen molar-refractivity contribution in [3.63, 3.8) is 0 Å². The largest absolute Gasteiger partial charge is 0.494 e. The molecule has 1 aromatic carbocycles. The van der Waals surface area contributed by atoms with Crippen LogP contribution < -0.4 is 15.4 Å². The number of benzene rings is 1. The number of piperidine rings is 1. The number of ether oxygens (including phenoxy) is 1. The highest BCUT2D eigenvalue weighted by molar-refractivity contribution is 5.85. The maximum atomic E-state index is 12.2. The minimum Gasteiger partial charge on any atom is -0.494 e. The van der Waals surface area contributed by atoms with Gasteiger partial charge in [0.2, 0.25) is 17.6 Å². The highest BCUT2D eigenvalue weighted by atomic mass is 35.5. The number of amides is 1. The number of hydrogen-bond acceptors (Lipinski definition) is 6. The van der Waals surface area contributed by atoms with E-state index in [9.17, 15) is 4.79 Å². The number of hydrogen-bond donors (Lipinski definition) is 2. The quantitative estimate of drug-likeness (QED) is 0.750. The molecule has 2 aromatic rings. The Morgan fingerprint density at radius 3 is 2.85 bits per heavy atom. The molecule has 0 bridgehead atoms. The summed E-state index contributed by atoms with van der Waals surface area (Å²) in [5.41, 5.74) is 0.858. The first-order valence-corrected chi connectivity index (χ1v) is 9.21. The maximum absolute atomic E-state index is 12.2. The first-order valence-electron chi connectivity index (χ1n) is 9.21. The molecule has 3 rings (SSSR count). The number of aryl methyl sites for hydroxylation is 1. The van der Waals surface area contributed by atoms with E-state index in [1.807, 2.05) is 31.2 Å². The van der Waals surface area contributed by atoms with Crippen LogP contribution in [0.15, 0.2) is 28.8 Å². The van der Waals surface area contributed by atoms with Crippen molar-refractivity contribution < 1.29 is 14.1 Å². The van der Waals surface area contributed by atoms with Crippen LogP contribution in [0.3, 0.4) is 0 Å². The number of carbonyl (C=O) groups is 1. The molecule has 0 radical (unpaired) electrons. The fraction of sp³-hybridized carbons (Fsp3) is 0.526. The summed E-state index contributed by atoms with van der Waals surface area (Å²) in [4.78, 5) is 16.6. The predicted molar refractivity (Wildman–Crippen MR) is 105 cm³/mol. The number of aromatic nitrogens is 2. The molecule has 2 N–H and O–H groups in total. The van der Waals surface area contributed by atoms with E-state index in [1.165, 1.54) is 0 Å². The smallest absolute Gasteiger partial charge is 0.227 e. The second kappa shape index (κ2) is 10.3. The number of carbonyl (C=O) groups excluding carboxylic acids is 1. The molecule has 2 unspecified atom stereocenters. The lowest BCUT2D eigenvalue weighted by atomic mass is 9.95. The van der Waals surface area contributed by atoms with E-state index >= 15 is 0 Å². The third-order valence-electron chi connectivity index (χ3n) is 4.59. The summed E-state index contributed by atoms with van der Waals surface area (Å²) >= 11 is 0. The van der Waals surface area contributed by atoms with Crippen LogP contribution in [-0.2, 0) is 11.2 Å². The van der Waals surface area contributed by atoms with E-state index in [-0.39, 0.29) is 24.4 Å². The lowest BCUT2D eigenvalue weighted by molar-refractivity contribution is -0.122. The van der Waals surface area contributed by atoms with Gasteiger partial charge in [-0.25, -0.2) is 0 Å². The number of rotatable bonds is 7. The van der Waals surface area contributed by atoms with Gasteiger partial charge >= 0.3 is 0 Å². The Hall–Kier alpha value is -2.12. The average Bonchev–Trinajstić information content (AvgIpc) is 3.12. The Bertz CT molecular complexity index is 720. The number of nitrogens with zero attached hydrogens (tertiary/aromatic N) is 2. The monoisotopic (exact) mass is 394 g/mol. The summed E-state index contributed by atoms with van der Waals surface area (Å²) in [6, 6.07) is 7.78. The average molecular weight is 395 g/mol. The van der Waals surface area contributed by atoms with E-state index in [0.717, 1.165) is 30.8 Å². The second-order valence-corrected chi connectivity index (χ2v) is 6.61. The van der Waals surface area contributed by atoms with Gasteiger partial charge in [-0.15, -0.1) is 12.4 Å². The van der Waals surface area contributed by atoms with Gasteiger partial charge in [0.15, 0.2) is 0 Å². The highest BCUT2D eigenvalue weighted by Crippen LogP contribution is 2.20. The summed E-state index contributed by atoms with van der Waals surface area (Å²) in [7, 11) is 0. The zero-order valence-electron chi connectivity index (χ0n) is 15.7. The molecule has 7 nitrogen and oxygen atoms in total. The molecule has 2 atom stereocenters. The fourth-order valence-electron chi connectivity index (χ4n) is 3.07. The molecule has 0 spiro atoms.